The normalized spacial score (nSPS) is 10.3. The van der Waals surface area contributed by atoms with Gasteiger partial charge in [0.2, 0.25) is 0 Å². The van der Waals surface area contributed by atoms with Crippen LogP contribution in [0.15, 0.2) is 0 Å². The van der Waals surface area contributed by atoms with E-state index in [-0.39, 0.29) is 0 Å². The third-order valence-electron chi connectivity index (χ3n) is 2.87. The van der Waals surface area contributed by atoms with Crippen LogP contribution >= 0.6 is 0 Å². The lowest BCUT2D eigenvalue weighted by Gasteiger charge is -2.10. The van der Waals surface area contributed by atoms with Crippen molar-refractivity contribution in [2.24, 2.45) is 11.5 Å². The maximum atomic E-state index is 7.66. The highest BCUT2D eigenvalue weighted by atomic mass is 15.1. The highest BCUT2D eigenvalue weighted by Gasteiger charge is 1.95. The molecule has 5 nitrogen and oxygen atoms in total. The molecular formula is C13H31N5. The summed E-state index contributed by atoms with van der Waals surface area (Å²) in [5.74, 6) is 0.452. The number of unbranched alkanes of at least 4 members (excludes halogenated alkanes) is 6. The molecule has 0 aliphatic rings. The lowest BCUT2D eigenvalue weighted by Crippen LogP contribution is -2.37. The molecule has 0 saturated carbocycles. The summed E-state index contributed by atoms with van der Waals surface area (Å²) in [6, 6.07) is 0. The van der Waals surface area contributed by atoms with E-state index in [4.69, 9.17) is 16.9 Å². The van der Waals surface area contributed by atoms with Crippen LogP contribution in [0.1, 0.15) is 51.4 Å². The van der Waals surface area contributed by atoms with Crippen LogP contribution in [0, 0.1) is 5.41 Å². The van der Waals surface area contributed by atoms with Crippen molar-refractivity contribution in [1.29, 1.82) is 5.41 Å². The number of guanidine groups is 1. The van der Waals surface area contributed by atoms with Gasteiger partial charge < -0.3 is 22.1 Å². The Balaban J connectivity index is 3.12. The van der Waals surface area contributed by atoms with Gasteiger partial charge in [0.05, 0.1) is 0 Å². The third kappa shape index (κ3) is 13.3. The molecule has 18 heavy (non-hydrogen) atoms. The topological polar surface area (TPSA) is 100.0 Å². The lowest BCUT2D eigenvalue weighted by atomic mass is 10.2. The van der Waals surface area contributed by atoms with Crippen LogP contribution in [0.5, 0.6) is 0 Å². The standard InChI is InChI=1S/C13H31N5/c14-9-5-1-3-7-11-17-13(16)18-12-8-4-2-6-10-15/h1-12,14-15H2,(H3,16,17,18). The lowest BCUT2D eigenvalue weighted by molar-refractivity contribution is 0.617. The molecule has 7 N–H and O–H groups in total. The number of nitrogens with one attached hydrogen (secondary N) is 3. The summed E-state index contributed by atoms with van der Waals surface area (Å²) in [5, 5.41) is 13.8. The molecule has 0 amide bonds. The second kappa shape index (κ2) is 14.3. The first kappa shape index (κ1) is 17.2. The fraction of sp³-hybridized carbons (Fsp3) is 0.923. The minimum absolute atomic E-state index is 0.452. The van der Waals surface area contributed by atoms with Crippen molar-refractivity contribution in [3.8, 4) is 0 Å². The van der Waals surface area contributed by atoms with Crippen LogP contribution in [-0.4, -0.2) is 32.1 Å². The van der Waals surface area contributed by atoms with Crippen LogP contribution in [0.25, 0.3) is 0 Å². The van der Waals surface area contributed by atoms with Gasteiger partial charge in [-0.25, -0.2) is 0 Å². The summed E-state index contributed by atoms with van der Waals surface area (Å²) in [6.07, 6.45) is 9.21. The van der Waals surface area contributed by atoms with Crippen molar-refractivity contribution in [2.75, 3.05) is 26.2 Å². The Morgan fingerprint density at radius 1 is 0.667 bits per heavy atom. The molecule has 0 unspecified atom stereocenters. The van der Waals surface area contributed by atoms with Crippen molar-refractivity contribution in [3.63, 3.8) is 0 Å². The molecule has 0 fully saturated rings. The zero-order chi connectivity index (χ0) is 13.5. The molecule has 5 heteroatoms. The Kier molecular flexibility index (Phi) is 13.6. The average Bonchev–Trinajstić information content (AvgIpc) is 2.38. The third-order valence-corrected chi connectivity index (χ3v) is 2.87. The fourth-order valence-corrected chi connectivity index (χ4v) is 1.74. The Bertz CT molecular complexity index is 166. The summed E-state index contributed by atoms with van der Waals surface area (Å²) < 4.78 is 0. The number of hydrogen-bond acceptors (Lipinski definition) is 3. The molecule has 0 heterocycles. The van der Waals surface area contributed by atoms with E-state index in [2.05, 4.69) is 10.6 Å². The first-order valence-electron chi connectivity index (χ1n) is 7.27. The number of hydrogen-bond donors (Lipinski definition) is 5. The molecule has 0 aliphatic heterocycles. The van der Waals surface area contributed by atoms with Gasteiger partial charge in [-0.3, -0.25) is 5.41 Å². The zero-order valence-electron chi connectivity index (χ0n) is 11.6. The molecule has 0 aromatic rings. The Morgan fingerprint density at radius 2 is 1.06 bits per heavy atom. The van der Waals surface area contributed by atoms with Crippen LogP contribution in [0.2, 0.25) is 0 Å². The minimum atomic E-state index is 0.452. The second-order valence-corrected chi connectivity index (χ2v) is 4.63. The van der Waals surface area contributed by atoms with Crippen molar-refractivity contribution < 1.29 is 0 Å². The van der Waals surface area contributed by atoms with Gasteiger partial charge in [-0.05, 0) is 38.8 Å². The maximum Gasteiger partial charge on any atom is 0.188 e. The molecule has 0 aromatic carbocycles. The average molecular weight is 257 g/mol. The quantitative estimate of drug-likeness (QED) is 0.206. The summed E-state index contributed by atoms with van der Waals surface area (Å²) in [4.78, 5) is 0. The molecule has 0 rings (SSSR count). The molecule has 0 spiro atoms. The monoisotopic (exact) mass is 257 g/mol. The van der Waals surface area contributed by atoms with Gasteiger partial charge in [0, 0.05) is 13.1 Å². The molecular weight excluding hydrogens is 226 g/mol. The largest absolute Gasteiger partial charge is 0.357 e. The summed E-state index contributed by atoms with van der Waals surface area (Å²) in [5.41, 5.74) is 10.8. The number of nitrogens with two attached hydrogens (primary N) is 2. The van der Waals surface area contributed by atoms with Crippen molar-refractivity contribution >= 4 is 5.96 Å². The molecule has 0 saturated heterocycles. The van der Waals surface area contributed by atoms with E-state index in [0.29, 0.717) is 5.96 Å². The van der Waals surface area contributed by atoms with Gasteiger partial charge in [0.15, 0.2) is 5.96 Å². The van der Waals surface area contributed by atoms with Crippen LogP contribution in [0.4, 0.5) is 0 Å². The highest BCUT2D eigenvalue weighted by Crippen LogP contribution is 1.97. The first-order chi connectivity index (χ1) is 8.81. The Hall–Kier alpha value is -0.810. The van der Waals surface area contributed by atoms with E-state index in [1.54, 1.807) is 0 Å². The molecule has 0 aromatic heterocycles. The van der Waals surface area contributed by atoms with Crippen LogP contribution in [0.3, 0.4) is 0 Å². The molecule has 0 atom stereocenters. The van der Waals surface area contributed by atoms with Gasteiger partial charge in [-0.1, -0.05) is 25.7 Å². The first-order valence-corrected chi connectivity index (χ1v) is 7.27. The second-order valence-electron chi connectivity index (χ2n) is 4.63. The van der Waals surface area contributed by atoms with Crippen LogP contribution in [-0.2, 0) is 0 Å². The van der Waals surface area contributed by atoms with Crippen molar-refractivity contribution in [1.82, 2.24) is 10.6 Å². The van der Waals surface area contributed by atoms with Gasteiger partial charge >= 0.3 is 0 Å². The SMILES string of the molecule is N=C(NCCCCCCN)NCCCCCCN. The smallest absolute Gasteiger partial charge is 0.188 e. The predicted octanol–water partition coefficient (Wildman–Crippen LogP) is 1.14. The van der Waals surface area contributed by atoms with Gasteiger partial charge in [-0.15, -0.1) is 0 Å². The Labute approximate surface area is 112 Å². The van der Waals surface area contributed by atoms with E-state index >= 15 is 0 Å². The van der Waals surface area contributed by atoms with E-state index in [9.17, 15) is 0 Å². The molecule has 0 bridgehead atoms. The Morgan fingerprint density at radius 3 is 1.44 bits per heavy atom. The molecule has 0 aliphatic carbocycles. The van der Waals surface area contributed by atoms with E-state index < -0.39 is 0 Å². The van der Waals surface area contributed by atoms with Crippen molar-refractivity contribution in [3.05, 3.63) is 0 Å². The van der Waals surface area contributed by atoms with Crippen molar-refractivity contribution in [2.45, 2.75) is 51.4 Å². The zero-order valence-corrected chi connectivity index (χ0v) is 11.6. The summed E-state index contributed by atoms with van der Waals surface area (Å²) in [7, 11) is 0. The fourth-order valence-electron chi connectivity index (χ4n) is 1.74. The maximum absolute atomic E-state index is 7.66. The van der Waals surface area contributed by atoms with Gasteiger partial charge in [-0.2, -0.15) is 0 Å². The molecule has 108 valence electrons. The minimum Gasteiger partial charge on any atom is -0.357 e. The van der Waals surface area contributed by atoms with Crippen LogP contribution < -0.4 is 22.1 Å². The highest BCUT2D eigenvalue weighted by molar-refractivity contribution is 5.76. The van der Waals surface area contributed by atoms with Gasteiger partial charge in [0.25, 0.3) is 0 Å². The molecule has 0 radical (unpaired) electrons. The van der Waals surface area contributed by atoms with E-state index in [1.807, 2.05) is 0 Å². The van der Waals surface area contributed by atoms with Gasteiger partial charge in [0.1, 0.15) is 0 Å². The van der Waals surface area contributed by atoms with E-state index in [1.165, 1.54) is 25.7 Å². The predicted molar refractivity (Wildman–Crippen MR) is 78.8 cm³/mol. The summed E-state index contributed by atoms with van der Waals surface area (Å²) >= 11 is 0. The summed E-state index contributed by atoms with van der Waals surface area (Å²) in [6.45, 7) is 3.33. The number of rotatable bonds is 12. The van der Waals surface area contributed by atoms with E-state index in [0.717, 1.165) is 51.9 Å².